The fourth-order valence-electron chi connectivity index (χ4n) is 10.6. The fourth-order valence-corrected chi connectivity index (χ4v) is 10.6. The van der Waals surface area contributed by atoms with E-state index < -0.39 is 20.2 Å². The highest BCUT2D eigenvalue weighted by atomic mass is 79.9. The van der Waals surface area contributed by atoms with Gasteiger partial charge in [-0.1, -0.05) is 30.5 Å². The lowest BCUT2D eigenvalue weighted by Crippen LogP contribution is -3.00. The summed E-state index contributed by atoms with van der Waals surface area (Å²) >= 11 is 0. The van der Waals surface area contributed by atoms with E-state index in [1.165, 1.54) is 55.5 Å². The van der Waals surface area contributed by atoms with Crippen molar-refractivity contribution in [1.82, 2.24) is 9.13 Å². The number of hydrogen-bond donors (Lipinski definition) is 0. The predicted octanol–water partition coefficient (Wildman–Crippen LogP) is 6.14. The van der Waals surface area contributed by atoms with Crippen LogP contribution in [0.1, 0.15) is 90.0 Å². The molecule has 0 saturated carbocycles. The average Bonchev–Trinajstić information content (AvgIpc) is 1.76. The molecule has 0 N–H and O–H groups in total. The second-order valence-electron chi connectivity index (χ2n) is 24.3. The van der Waals surface area contributed by atoms with Gasteiger partial charge >= 0.3 is 11.9 Å². The number of nitrogens with zero attached hydrogens (tertiary/aromatic N) is 18. The molecule has 542 valence electrons. The third-order valence-corrected chi connectivity index (χ3v) is 16.3. The van der Waals surface area contributed by atoms with Crippen LogP contribution in [0.25, 0.3) is 0 Å². The predicted molar refractivity (Wildman–Crippen MR) is 379 cm³/mol. The summed E-state index contributed by atoms with van der Waals surface area (Å²) in [7, 11) is 4.73. The van der Waals surface area contributed by atoms with Gasteiger partial charge in [-0.25, -0.2) is 44.2 Å². The Morgan fingerprint density at radius 2 is 0.790 bits per heavy atom. The van der Waals surface area contributed by atoms with Crippen LogP contribution in [0, 0.1) is 6.92 Å². The maximum atomic E-state index is 9.47. The number of hydrogen-bond acceptors (Lipinski definition) is 20. The summed E-state index contributed by atoms with van der Waals surface area (Å²) in [6.45, 7) is 10.5. The smallest absolute Gasteiger partial charge is 0.421 e. The number of anilines is 4. The SMILES string of the molecule is C.CS(=O)(=O)O[O-].CS(=O)(=O)O[O-].C[n+]1ccn(CCCCCCn2cc[n+](C)c2N=Nc2ccc(N3CCCC3)cc2)c1N=Nc1ccc(N2CCCC2)cc1.Cc1cc(N=Nc2ccc(N(C)C)cc2)c[n+](CCCCCC[n+]2cccc(N=Nc3ccc(N(C)C)cc3)c2)c1.[Br-].[Br-]. The lowest BCUT2D eigenvalue weighted by Gasteiger charge is -2.16. The van der Waals surface area contributed by atoms with Crippen molar-refractivity contribution in [2.24, 2.45) is 55.0 Å². The number of pyridine rings is 2. The van der Waals surface area contributed by atoms with Crippen LogP contribution < -0.4 is 82.3 Å². The van der Waals surface area contributed by atoms with E-state index in [4.69, 9.17) is 10.5 Å². The first kappa shape index (κ1) is 84.3. The van der Waals surface area contributed by atoms with Crippen molar-refractivity contribution in [3.05, 3.63) is 170 Å². The average molecular weight is 1540 g/mol. The Kier molecular flexibility index (Phi) is 36.7. The van der Waals surface area contributed by atoms with Crippen LogP contribution in [0.15, 0.2) is 206 Å². The van der Waals surface area contributed by atoms with Crippen LogP contribution in [0.5, 0.6) is 0 Å². The molecule has 4 aromatic heterocycles. The Hall–Kier alpha value is -8.10. The standard InChI is InChI=1S/C34H46N10.C33H42N8.2CH4O4S.CH4.2BrH/c1-39-25-27-43(33(39)37-35-29-11-15-31(16-12-29)41-19-7-8-20-41)23-5-3-4-6-24-44-28-26-40(2)34(44)38-36-30-13-17-32(18-14-30)42-21-9-10-22-42;1-27-23-31(37-35-29-14-18-33(19-15-29)39(4)5)26-41(24-27)21-9-7-6-8-20-40-22-10-11-30(25-40)36-34-28-12-16-32(17-13-28)38(2)3;2*1-6(3,4)5-2;;;/h11-18,25-28H,3-10,19-24H2,1-2H3;10-19,22-26H,6-9,20-21H2,1-5H3;2*2H,1H3;1H4;2*1H/q2*+2;;;;;/p-4. The third-order valence-electron chi connectivity index (χ3n) is 15.8. The number of aromatic nitrogens is 6. The molecule has 6 heterocycles. The van der Waals surface area contributed by atoms with Crippen molar-refractivity contribution in [2.45, 2.75) is 118 Å². The summed E-state index contributed by atoms with van der Waals surface area (Å²) in [5, 5.41) is 53.7. The molecule has 2 saturated heterocycles. The molecule has 0 bridgehead atoms. The molecule has 10 rings (SSSR count). The van der Waals surface area contributed by atoms with E-state index in [0.29, 0.717) is 12.5 Å². The number of halogens is 2. The van der Waals surface area contributed by atoms with Crippen LogP contribution in [0.2, 0.25) is 0 Å². The van der Waals surface area contributed by atoms with E-state index in [1.54, 1.807) is 0 Å². The maximum Gasteiger partial charge on any atom is 0.421 e. The molecule has 2 aliphatic heterocycles. The van der Waals surface area contributed by atoms with Crippen LogP contribution in [0.4, 0.5) is 68.8 Å². The van der Waals surface area contributed by atoms with Gasteiger partial charge in [0.15, 0.2) is 24.8 Å². The lowest BCUT2D eigenvalue weighted by atomic mass is 10.2. The van der Waals surface area contributed by atoms with Crippen molar-refractivity contribution in [2.75, 3.05) is 86.5 Å². The zero-order valence-electron chi connectivity index (χ0n) is 58.1. The summed E-state index contributed by atoms with van der Waals surface area (Å²) in [6, 6.07) is 39.1. The minimum atomic E-state index is -3.72. The van der Waals surface area contributed by atoms with Crippen LogP contribution >= 0.6 is 0 Å². The second kappa shape index (κ2) is 43.5. The first-order valence-corrected chi connectivity index (χ1v) is 36.3. The van der Waals surface area contributed by atoms with Crippen LogP contribution in [-0.4, -0.2) is 92.9 Å². The van der Waals surface area contributed by atoms with Crippen molar-refractivity contribution in [3.63, 3.8) is 0 Å². The van der Waals surface area contributed by atoms with Gasteiger partial charge in [0.25, 0.3) is 20.2 Å². The van der Waals surface area contributed by atoms with Gasteiger partial charge in [-0.05, 0) is 167 Å². The highest BCUT2D eigenvalue weighted by Crippen LogP contribution is 2.28. The molecule has 8 aromatic rings. The molecular formula is C70H98Br2N18O8S2. The minimum Gasteiger partial charge on any atom is -1.00 e. The molecule has 0 aliphatic carbocycles. The molecule has 2 aliphatic rings. The van der Waals surface area contributed by atoms with Gasteiger partial charge in [0, 0.05) is 112 Å². The van der Waals surface area contributed by atoms with Crippen molar-refractivity contribution >= 4 is 89.0 Å². The molecule has 30 heteroatoms. The maximum absolute atomic E-state index is 9.47. The quantitative estimate of drug-likeness (QED) is 0.0176. The highest BCUT2D eigenvalue weighted by molar-refractivity contribution is 7.86. The van der Waals surface area contributed by atoms with Gasteiger partial charge < -0.3 is 72.7 Å². The van der Waals surface area contributed by atoms with E-state index >= 15 is 0 Å². The molecule has 0 amide bonds. The molecule has 4 aromatic carbocycles. The van der Waals surface area contributed by atoms with E-state index in [1.807, 2.05) is 100.0 Å². The summed E-state index contributed by atoms with van der Waals surface area (Å²) in [5.74, 6) is 1.74. The van der Waals surface area contributed by atoms with E-state index in [9.17, 15) is 16.8 Å². The van der Waals surface area contributed by atoms with Crippen molar-refractivity contribution in [1.29, 1.82) is 0 Å². The summed E-state index contributed by atoms with van der Waals surface area (Å²) in [6.07, 6.45) is 32.3. The minimum absolute atomic E-state index is 0. The first-order valence-electron chi connectivity index (χ1n) is 32.7. The molecule has 2 fully saturated rings. The third kappa shape index (κ3) is 30.0. The van der Waals surface area contributed by atoms with Crippen LogP contribution in [-0.2, 0) is 69.2 Å². The Morgan fingerprint density at radius 3 is 1.18 bits per heavy atom. The normalized spacial score (nSPS) is 12.9. The monoisotopic (exact) mass is 1540 g/mol. The van der Waals surface area contributed by atoms with E-state index in [2.05, 4.69) is 211 Å². The summed E-state index contributed by atoms with van der Waals surface area (Å²) in [5.41, 5.74) is 11.2. The van der Waals surface area contributed by atoms with Crippen molar-refractivity contribution in [3.8, 4) is 0 Å². The van der Waals surface area contributed by atoms with Gasteiger partial charge in [0.2, 0.25) is 0 Å². The van der Waals surface area contributed by atoms with Crippen LogP contribution in [0.3, 0.4) is 0 Å². The highest BCUT2D eigenvalue weighted by Gasteiger charge is 2.18. The molecule has 100 heavy (non-hydrogen) atoms. The topological polar surface area (TPSA) is 270 Å². The Labute approximate surface area is 612 Å². The Morgan fingerprint density at radius 1 is 0.450 bits per heavy atom. The zero-order chi connectivity index (χ0) is 69.6. The van der Waals surface area contributed by atoms with Gasteiger partial charge in [0.1, 0.15) is 35.8 Å². The van der Waals surface area contributed by atoms with Gasteiger partial charge in [-0.15, -0.1) is 10.2 Å². The number of rotatable bonds is 28. The molecule has 0 unspecified atom stereocenters. The number of unbranched alkanes of at least 4 members (excludes halogenated alkanes) is 6. The van der Waals surface area contributed by atoms with Crippen molar-refractivity contribution < 1.29 is 88.2 Å². The fraction of sp³-hybridized carbons (Fsp3) is 0.429. The van der Waals surface area contributed by atoms with E-state index in [0.717, 1.165) is 148 Å². The number of aryl methyl sites for hydroxylation is 7. The Bertz CT molecular complexity index is 3900. The largest absolute Gasteiger partial charge is 1.00 e. The first-order chi connectivity index (χ1) is 46.6. The molecule has 0 atom stereocenters. The number of azo groups is 4. The molecule has 0 spiro atoms. The Balaban J connectivity index is 0.000000356. The summed E-state index contributed by atoms with van der Waals surface area (Å²) < 4.78 is 56.1. The molecule has 0 radical (unpaired) electrons. The zero-order valence-corrected chi connectivity index (χ0v) is 62.9. The molecule has 26 nitrogen and oxygen atoms in total. The van der Waals surface area contributed by atoms with E-state index in [-0.39, 0.29) is 41.4 Å². The van der Waals surface area contributed by atoms with Gasteiger partial charge in [-0.3, -0.25) is 0 Å². The van der Waals surface area contributed by atoms with Gasteiger partial charge in [-0.2, -0.15) is 10.2 Å². The second-order valence-corrected chi connectivity index (χ2v) is 27.4. The van der Waals surface area contributed by atoms with Gasteiger partial charge in [0.05, 0.1) is 75.9 Å². The number of benzene rings is 4. The molecular weight excluding hydrogens is 1440 g/mol. The summed E-state index contributed by atoms with van der Waals surface area (Å²) in [4.78, 5) is 9.01. The lowest BCUT2D eigenvalue weighted by molar-refractivity contribution is -0.698. The number of imidazole rings is 2.